The fourth-order valence-electron chi connectivity index (χ4n) is 3.41. The Morgan fingerprint density at radius 2 is 1.82 bits per heavy atom. The first-order chi connectivity index (χ1) is 12.9. The van der Waals surface area contributed by atoms with Crippen molar-refractivity contribution in [3.63, 3.8) is 0 Å². The average molecular weight is 408 g/mol. The standard InChI is InChI=1S/C20H32F4N2O2/c1-6-25-10-11-26(7-2)14-19(27,20(22,23)24)13-18(3,4)16-12-15(21)8-9-17(16)28-5/h8-9,12,25,27H,6-7,10-11,13-14H2,1-5H3. The lowest BCUT2D eigenvalue weighted by Crippen LogP contribution is -2.56. The third-order valence-corrected chi connectivity index (χ3v) is 4.94. The van der Waals surface area contributed by atoms with E-state index in [1.54, 1.807) is 25.7 Å². The fraction of sp³-hybridized carbons (Fsp3) is 0.700. The van der Waals surface area contributed by atoms with E-state index in [0.717, 1.165) is 0 Å². The van der Waals surface area contributed by atoms with Crippen LogP contribution in [0.3, 0.4) is 0 Å². The summed E-state index contributed by atoms with van der Waals surface area (Å²) in [6, 6.07) is 3.74. The van der Waals surface area contributed by atoms with Gasteiger partial charge in [0.1, 0.15) is 11.6 Å². The zero-order valence-electron chi connectivity index (χ0n) is 17.3. The molecule has 1 aromatic carbocycles. The van der Waals surface area contributed by atoms with E-state index < -0.39 is 36.0 Å². The minimum absolute atomic E-state index is 0.286. The van der Waals surface area contributed by atoms with Gasteiger partial charge in [-0.2, -0.15) is 13.2 Å². The van der Waals surface area contributed by atoms with E-state index >= 15 is 0 Å². The van der Waals surface area contributed by atoms with Crippen LogP contribution in [0.25, 0.3) is 0 Å². The van der Waals surface area contributed by atoms with Gasteiger partial charge in [-0.3, -0.25) is 4.90 Å². The minimum atomic E-state index is -4.84. The number of hydrogen-bond acceptors (Lipinski definition) is 4. The van der Waals surface area contributed by atoms with Gasteiger partial charge < -0.3 is 15.2 Å². The smallest absolute Gasteiger partial charge is 0.418 e. The van der Waals surface area contributed by atoms with Crippen molar-refractivity contribution in [1.82, 2.24) is 10.2 Å². The summed E-state index contributed by atoms with van der Waals surface area (Å²) in [5, 5.41) is 13.8. The molecule has 0 aliphatic rings. The van der Waals surface area contributed by atoms with Crippen LogP contribution in [0.15, 0.2) is 18.2 Å². The van der Waals surface area contributed by atoms with Crippen molar-refractivity contribution in [3.8, 4) is 5.75 Å². The van der Waals surface area contributed by atoms with Gasteiger partial charge in [0, 0.05) is 25.2 Å². The molecule has 1 atom stereocenters. The Labute approximate surface area is 164 Å². The van der Waals surface area contributed by atoms with Crippen LogP contribution in [0.4, 0.5) is 17.6 Å². The predicted molar refractivity (Wildman–Crippen MR) is 102 cm³/mol. The second-order valence-electron chi connectivity index (χ2n) is 7.66. The first-order valence-corrected chi connectivity index (χ1v) is 9.46. The Morgan fingerprint density at radius 1 is 1.18 bits per heavy atom. The number of ether oxygens (including phenoxy) is 1. The molecule has 2 N–H and O–H groups in total. The second kappa shape index (κ2) is 9.89. The van der Waals surface area contributed by atoms with Crippen LogP contribution in [0.5, 0.6) is 5.75 Å². The van der Waals surface area contributed by atoms with Crippen LogP contribution in [0, 0.1) is 5.82 Å². The Balaban J connectivity index is 3.18. The number of nitrogens with zero attached hydrogens (tertiary/aromatic N) is 1. The van der Waals surface area contributed by atoms with Crippen LogP contribution < -0.4 is 10.1 Å². The van der Waals surface area contributed by atoms with Gasteiger partial charge in [0.05, 0.1) is 7.11 Å². The summed E-state index contributed by atoms with van der Waals surface area (Å²) in [5.41, 5.74) is -3.84. The third-order valence-electron chi connectivity index (χ3n) is 4.94. The van der Waals surface area contributed by atoms with Gasteiger partial charge in [-0.1, -0.05) is 27.7 Å². The minimum Gasteiger partial charge on any atom is -0.496 e. The molecule has 162 valence electrons. The first-order valence-electron chi connectivity index (χ1n) is 9.46. The number of methoxy groups -OCH3 is 1. The molecule has 0 amide bonds. The quantitative estimate of drug-likeness (QED) is 0.433. The monoisotopic (exact) mass is 408 g/mol. The Morgan fingerprint density at radius 3 is 2.32 bits per heavy atom. The first kappa shape index (κ1) is 24.7. The maximum Gasteiger partial charge on any atom is 0.418 e. The maximum absolute atomic E-state index is 13.9. The highest BCUT2D eigenvalue weighted by Gasteiger charge is 2.56. The molecule has 0 saturated heterocycles. The molecule has 1 aromatic rings. The summed E-state index contributed by atoms with van der Waals surface area (Å²) in [4.78, 5) is 1.56. The molecule has 0 saturated carbocycles. The van der Waals surface area contributed by atoms with Gasteiger partial charge >= 0.3 is 6.18 Å². The molecule has 0 fully saturated rings. The van der Waals surface area contributed by atoms with Crippen molar-refractivity contribution in [1.29, 1.82) is 0 Å². The molecule has 0 heterocycles. The molecule has 0 spiro atoms. The lowest BCUT2D eigenvalue weighted by molar-refractivity contribution is -0.271. The second-order valence-corrected chi connectivity index (χ2v) is 7.66. The van der Waals surface area contributed by atoms with E-state index in [0.29, 0.717) is 26.2 Å². The van der Waals surface area contributed by atoms with Crippen LogP contribution in [-0.2, 0) is 5.41 Å². The molecule has 0 bridgehead atoms. The highest BCUT2D eigenvalue weighted by atomic mass is 19.4. The zero-order valence-corrected chi connectivity index (χ0v) is 17.3. The highest BCUT2D eigenvalue weighted by Crippen LogP contribution is 2.44. The number of halogens is 4. The Bertz CT molecular complexity index is 623. The normalized spacial score (nSPS) is 15.0. The Hall–Kier alpha value is -1.38. The van der Waals surface area contributed by atoms with Gasteiger partial charge in [-0.05, 0) is 43.1 Å². The number of likely N-dealkylation sites (N-methyl/N-ethyl adjacent to an activating group) is 2. The van der Waals surface area contributed by atoms with Gasteiger partial charge in [0.15, 0.2) is 5.60 Å². The largest absolute Gasteiger partial charge is 0.496 e. The summed E-state index contributed by atoms with van der Waals surface area (Å²) < 4.78 is 60.7. The lowest BCUT2D eigenvalue weighted by Gasteiger charge is -2.41. The molecule has 28 heavy (non-hydrogen) atoms. The number of benzene rings is 1. The lowest BCUT2D eigenvalue weighted by atomic mass is 9.74. The number of rotatable bonds is 11. The molecule has 8 heteroatoms. The van der Waals surface area contributed by atoms with E-state index in [1.165, 1.54) is 25.3 Å². The summed E-state index contributed by atoms with van der Waals surface area (Å²) in [5.74, 6) is -0.282. The van der Waals surface area contributed by atoms with Crippen LogP contribution in [-0.4, -0.2) is 61.6 Å². The molecule has 1 unspecified atom stereocenters. The molecule has 0 aromatic heterocycles. The molecule has 1 rings (SSSR count). The van der Waals surface area contributed by atoms with Crippen molar-refractivity contribution in [2.75, 3.05) is 39.8 Å². The number of alkyl halides is 3. The van der Waals surface area contributed by atoms with Crippen molar-refractivity contribution in [2.24, 2.45) is 0 Å². The molecule has 4 nitrogen and oxygen atoms in total. The number of aliphatic hydroxyl groups is 1. The summed E-state index contributed by atoms with van der Waals surface area (Å²) >= 11 is 0. The summed E-state index contributed by atoms with van der Waals surface area (Å²) in [6.45, 7) is 8.21. The molecular formula is C20H32F4N2O2. The average Bonchev–Trinajstić information content (AvgIpc) is 2.59. The SMILES string of the molecule is CCNCCN(CC)CC(O)(CC(C)(C)c1cc(F)ccc1OC)C(F)(F)F. The van der Waals surface area contributed by atoms with Crippen LogP contribution in [0.1, 0.15) is 39.7 Å². The van der Waals surface area contributed by atoms with Gasteiger partial charge in [0.25, 0.3) is 0 Å². The van der Waals surface area contributed by atoms with E-state index in [-0.39, 0.29) is 11.3 Å². The highest BCUT2D eigenvalue weighted by molar-refractivity contribution is 5.39. The molecule has 0 aliphatic heterocycles. The summed E-state index contributed by atoms with van der Waals surface area (Å²) in [6.07, 6.45) is -5.46. The van der Waals surface area contributed by atoms with Gasteiger partial charge in [-0.25, -0.2) is 4.39 Å². The van der Waals surface area contributed by atoms with Crippen molar-refractivity contribution in [2.45, 2.75) is 51.3 Å². The molecular weight excluding hydrogens is 376 g/mol. The van der Waals surface area contributed by atoms with E-state index in [1.807, 2.05) is 6.92 Å². The van der Waals surface area contributed by atoms with Gasteiger partial charge in [0.2, 0.25) is 0 Å². The van der Waals surface area contributed by atoms with Crippen LogP contribution >= 0.6 is 0 Å². The van der Waals surface area contributed by atoms with E-state index in [9.17, 15) is 22.7 Å². The summed E-state index contributed by atoms with van der Waals surface area (Å²) in [7, 11) is 1.38. The predicted octanol–water partition coefficient (Wildman–Crippen LogP) is 3.73. The Kier molecular flexibility index (Phi) is 8.71. The van der Waals surface area contributed by atoms with E-state index in [4.69, 9.17) is 4.74 Å². The maximum atomic E-state index is 13.9. The zero-order chi connectivity index (χ0) is 21.6. The molecule has 0 radical (unpaired) electrons. The third kappa shape index (κ3) is 6.32. The van der Waals surface area contributed by atoms with Crippen molar-refractivity contribution >= 4 is 0 Å². The molecule has 0 aliphatic carbocycles. The van der Waals surface area contributed by atoms with Gasteiger partial charge in [-0.15, -0.1) is 0 Å². The van der Waals surface area contributed by atoms with Crippen molar-refractivity contribution < 1.29 is 27.4 Å². The number of nitrogens with one attached hydrogen (secondary N) is 1. The topological polar surface area (TPSA) is 44.7 Å². The number of hydrogen-bond donors (Lipinski definition) is 2. The van der Waals surface area contributed by atoms with E-state index in [2.05, 4.69) is 5.32 Å². The fourth-order valence-corrected chi connectivity index (χ4v) is 3.41. The van der Waals surface area contributed by atoms with Crippen molar-refractivity contribution in [3.05, 3.63) is 29.6 Å². The van der Waals surface area contributed by atoms with Crippen LogP contribution in [0.2, 0.25) is 0 Å².